The molecule has 1 aromatic rings. The number of benzene rings is 1. The zero-order valence-electron chi connectivity index (χ0n) is 17.2. The van der Waals surface area contributed by atoms with Crippen molar-refractivity contribution in [3.63, 3.8) is 0 Å². The van der Waals surface area contributed by atoms with Crippen LogP contribution in [0.25, 0.3) is 0 Å². The number of carbonyl (C=O) groups excluding carboxylic acids is 1. The van der Waals surface area contributed by atoms with Crippen LogP contribution in [0.3, 0.4) is 0 Å². The van der Waals surface area contributed by atoms with Crippen LogP contribution in [0.1, 0.15) is 82.4 Å². The molecule has 1 N–H and O–H groups in total. The molecule has 3 heteroatoms. The number of amides is 1. The van der Waals surface area contributed by atoms with Crippen LogP contribution in [-0.2, 0) is 10.2 Å². The van der Waals surface area contributed by atoms with E-state index in [9.17, 15) is 4.79 Å². The van der Waals surface area contributed by atoms with Crippen molar-refractivity contribution in [3.8, 4) is 0 Å². The lowest BCUT2D eigenvalue weighted by Crippen LogP contribution is -2.44. The molecule has 1 aromatic carbocycles. The summed E-state index contributed by atoms with van der Waals surface area (Å²) in [5.41, 5.74) is 3.13. The molecule has 1 heterocycles. The summed E-state index contributed by atoms with van der Waals surface area (Å²) in [5.74, 6) is 1.87. The Morgan fingerprint density at radius 2 is 1.89 bits per heavy atom. The molecule has 4 rings (SSSR count). The topological polar surface area (TPSA) is 32.3 Å². The second-order valence-corrected chi connectivity index (χ2v) is 9.50. The van der Waals surface area contributed by atoms with Gasteiger partial charge in [0.1, 0.15) is 0 Å². The fraction of sp³-hybridized carbons (Fsp3) is 0.708. The average Bonchev–Trinajstić information content (AvgIpc) is 2.97. The summed E-state index contributed by atoms with van der Waals surface area (Å²) in [7, 11) is 0. The van der Waals surface area contributed by atoms with Gasteiger partial charge < -0.3 is 10.2 Å². The number of nitrogens with zero attached hydrogens (tertiary/aromatic N) is 1. The molecular formula is C24H36N2O. The third kappa shape index (κ3) is 3.94. The van der Waals surface area contributed by atoms with E-state index >= 15 is 0 Å². The summed E-state index contributed by atoms with van der Waals surface area (Å²) in [6, 6.07) is 9.04. The van der Waals surface area contributed by atoms with E-state index in [0.29, 0.717) is 0 Å². The van der Waals surface area contributed by atoms with Crippen molar-refractivity contribution in [1.29, 1.82) is 0 Å². The molecule has 1 aliphatic heterocycles. The van der Waals surface area contributed by atoms with Gasteiger partial charge in [0.05, 0.1) is 6.04 Å². The van der Waals surface area contributed by atoms with Crippen molar-refractivity contribution in [2.75, 3.05) is 19.6 Å². The van der Waals surface area contributed by atoms with Gasteiger partial charge in [-0.15, -0.1) is 0 Å². The van der Waals surface area contributed by atoms with Gasteiger partial charge in [0.15, 0.2) is 0 Å². The minimum atomic E-state index is 0.0885. The van der Waals surface area contributed by atoms with Gasteiger partial charge >= 0.3 is 0 Å². The molecule has 0 aromatic heterocycles. The number of nitrogens with one attached hydrogen (secondary N) is 1. The fourth-order valence-corrected chi connectivity index (χ4v) is 6.17. The Morgan fingerprint density at radius 3 is 2.59 bits per heavy atom. The first kappa shape index (κ1) is 19.0. The second-order valence-electron chi connectivity index (χ2n) is 9.50. The molecule has 1 amide bonds. The molecule has 1 spiro atoms. The number of likely N-dealkylation sites (tertiary alicyclic amines) is 1. The van der Waals surface area contributed by atoms with Crippen LogP contribution in [0, 0.1) is 11.8 Å². The van der Waals surface area contributed by atoms with Crippen molar-refractivity contribution in [2.45, 2.75) is 76.7 Å². The highest BCUT2D eigenvalue weighted by atomic mass is 16.1. The number of fused-ring (bicyclic) bond motifs is 2. The first-order valence-corrected chi connectivity index (χ1v) is 11.2. The van der Waals surface area contributed by atoms with Crippen LogP contribution in [-0.4, -0.2) is 30.4 Å². The normalized spacial score (nSPS) is 26.7. The predicted molar refractivity (Wildman–Crippen MR) is 111 cm³/mol. The van der Waals surface area contributed by atoms with E-state index in [1.807, 2.05) is 0 Å². The largest absolute Gasteiger partial charge is 0.349 e. The second kappa shape index (κ2) is 7.95. The van der Waals surface area contributed by atoms with Crippen LogP contribution in [0.5, 0.6) is 0 Å². The van der Waals surface area contributed by atoms with E-state index in [1.165, 1.54) is 75.7 Å². The summed E-state index contributed by atoms with van der Waals surface area (Å²) < 4.78 is 0. The van der Waals surface area contributed by atoms with Crippen LogP contribution >= 0.6 is 0 Å². The van der Waals surface area contributed by atoms with Gasteiger partial charge in [0.25, 0.3) is 0 Å². The Bertz CT molecular complexity index is 656. The van der Waals surface area contributed by atoms with Gasteiger partial charge in [-0.2, -0.15) is 0 Å². The highest BCUT2D eigenvalue weighted by Crippen LogP contribution is 2.50. The third-order valence-electron chi connectivity index (χ3n) is 7.69. The van der Waals surface area contributed by atoms with Gasteiger partial charge in [0.2, 0.25) is 5.91 Å². The van der Waals surface area contributed by atoms with Crippen molar-refractivity contribution in [3.05, 3.63) is 35.4 Å². The van der Waals surface area contributed by atoms with E-state index in [1.54, 1.807) is 6.92 Å². The molecule has 2 atom stereocenters. The van der Waals surface area contributed by atoms with Crippen LogP contribution in [0.15, 0.2) is 24.3 Å². The highest BCUT2D eigenvalue weighted by molar-refractivity contribution is 5.73. The number of carbonyl (C=O) groups is 1. The van der Waals surface area contributed by atoms with E-state index in [2.05, 4.69) is 41.4 Å². The predicted octanol–water partition coefficient (Wildman–Crippen LogP) is 4.82. The van der Waals surface area contributed by atoms with Gasteiger partial charge in [0, 0.05) is 18.9 Å². The van der Waals surface area contributed by atoms with Gasteiger partial charge in [-0.25, -0.2) is 0 Å². The van der Waals surface area contributed by atoms with Crippen molar-refractivity contribution in [2.24, 2.45) is 11.8 Å². The molecule has 0 radical (unpaired) electrons. The highest BCUT2D eigenvalue weighted by Gasteiger charge is 2.45. The minimum absolute atomic E-state index is 0.0885. The Kier molecular flexibility index (Phi) is 5.59. The minimum Gasteiger partial charge on any atom is -0.349 e. The summed E-state index contributed by atoms with van der Waals surface area (Å²) in [4.78, 5) is 14.4. The molecule has 2 aliphatic carbocycles. The quantitative estimate of drug-likeness (QED) is 0.826. The number of rotatable bonds is 4. The fourth-order valence-electron chi connectivity index (χ4n) is 6.17. The first-order chi connectivity index (χ1) is 13.1. The number of hydrogen-bond donors (Lipinski definition) is 1. The standard InChI is InChI=1S/C24H36N2O/c1-18(20-8-4-3-5-9-20)17-26-14-12-24(13-15-26)16-23(25-19(2)27)21-10-6-7-11-22(21)24/h6-7,10-11,18,20,23H,3-5,8-9,12-17H2,1-2H3,(H,25,27)/t18?,23-/m0/s1. The molecule has 1 saturated carbocycles. The molecule has 1 unspecified atom stereocenters. The monoisotopic (exact) mass is 368 g/mol. The zero-order valence-corrected chi connectivity index (χ0v) is 17.2. The van der Waals surface area contributed by atoms with E-state index in [4.69, 9.17) is 0 Å². The van der Waals surface area contributed by atoms with Gasteiger partial charge in [-0.1, -0.05) is 63.3 Å². The third-order valence-corrected chi connectivity index (χ3v) is 7.69. The molecular weight excluding hydrogens is 332 g/mol. The van der Waals surface area contributed by atoms with Gasteiger partial charge in [-0.05, 0) is 55.3 Å². The van der Waals surface area contributed by atoms with E-state index in [-0.39, 0.29) is 17.4 Å². The van der Waals surface area contributed by atoms with E-state index in [0.717, 1.165) is 18.3 Å². The van der Waals surface area contributed by atoms with Crippen molar-refractivity contribution >= 4 is 5.91 Å². The Hall–Kier alpha value is -1.35. The molecule has 1 saturated heterocycles. The SMILES string of the molecule is CC(=O)N[C@H]1CC2(CCN(CC(C)C3CCCCC3)CC2)c2ccccc21. The maximum absolute atomic E-state index is 11.7. The number of piperidine rings is 1. The molecule has 0 bridgehead atoms. The zero-order chi connectivity index (χ0) is 18.9. The van der Waals surface area contributed by atoms with Crippen molar-refractivity contribution < 1.29 is 4.79 Å². The van der Waals surface area contributed by atoms with Gasteiger partial charge in [-0.3, -0.25) is 4.79 Å². The summed E-state index contributed by atoms with van der Waals surface area (Å²) >= 11 is 0. The number of hydrogen-bond acceptors (Lipinski definition) is 2. The lowest BCUT2D eigenvalue weighted by Gasteiger charge is -2.42. The smallest absolute Gasteiger partial charge is 0.217 e. The molecule has 27 heavy (non-hydrogen) atoms. The van der Waals surface area contributed by atoms with Crippen molar-refractivity contribution in [1.82, 2.24) is 10.2 Å². The summed E-state index contributed by atoms with van der Waals surface area (Å²) in [5, 5.41) is 3.20. The first-order valence-electron chi connectivity index (χ1n) is 11.2. The Labute approximate surface area is 164 Å². The average molecular weight is 369 g/mol. The Balaban J connectivity index is 1.40. The maximum atomic E-state index is 11.7. The summed E-state index contributed by atoms with van der Waals surface area (Å²) in [6.07, 6.45) is 10.8. The lowest BCUT2D eigenvalue weighted by molar-refractivity contribution is -0.119. The molecule has 3 aliphatic rings. The van der Waals surface area contributed by atoms with Crippen LogP contribution in [0.4, 0.5) is 0 Å². The molecule has 2 fully saturated rings. The Morgan fingerprint density at radius 1 is 1.19 bits per heavy atom. The lowest BCUT2D eigenvalue weighted by atomic mass is 9.73. The van der Waals surface area contributed by atoms with Crippen LogP contribution in [0.2, 0.25) is 0 Å². The molecule has 148 valence electrons. The maximum Gasteiger partial charge on any atom is 0.217 e. The summed E-state index contributed by atoms with van der Waals surface area (Å²) in [6.45, 7) is 7.81. The molecule has 3 nitrogen and oxygen atoms in total. The van der Waals surface area contributed by atoms with E-state index < -0.39 is 0 Å². The van der Waals surface area contributed by atoms with Crippen LogP contribution < -0.4 is 5.32 Å².